The maximum absolute atomic E-state index is 12.3. The van der Waals surface area contributed by atoms with E-state index in [-0.39, 0.29) is 5.91 Å². The van der Waals surface area contributed by atoms with Crippen molar-refractivity contribution in [1.29, 1.82) is 0 Å². The molecule has 21 heavy (non-hydrogen) atoms. The summed E-state index contributed by atoms with van der Waals surface area (Å²) >= 11 is 0. The van der Waals surface area contributed by atoms with E-state index in [1.165, 1.54) is 6.42 Å². The number of amides is 1. The third-order valence-corrected chi connectivity index (χ3v) is 3.99. The predicted octanol–water partition coefficient (Wildman–Crippen LogP) is 3.89. The first-order valence-electron chi connectivity index (χ1n) is 7.96. The first kappa shape index (κ1) is 15.6. The van der Waals surface area contributed by atoms with Crippen molar-refractivity contribution in [1.82, 2.24) is 4.90 Å². The molecule has 1 saturated heterocycles. The summed E-state index contributed by atoms with van der Waals surface area (Å²) in [7, 11) is 0. The molecule has 1 heterocycles. The molecule has 0 radical (unpaired) electrons. The van der Waals surface area contributed by atoms with E-state index in [0.717, 1.165) is 37.1 Å². The number of hydrogen-bond donors (Lipinski definition) is 0. The highest BCUT2D eigenvalue weighted by atomic mass is 16.5. The summed E-state index contributed by atoms with van der Waals surface area (Å²) in [5.74, 6) is 0.999. The third-order valence-electron chi connectivity index (χ3n) is 3.99. The molecule has 0 aromatic heterocycles. The van der Waals surface area contributed by atoms with Crippen molar-refractivity contribution >= 4 is 12.0 Å². The number of nitrogens with zero attached hydrogens (tertiary/aromatic N) is 1. The Morgan fingerprint density at radius 2 is 2.05 bits per heavy atom. The molecule has 1 aromatic rings. The van der Waals surface area contributed by atoms with Crippen LogP contribution in [-0.2, 0) is 4.79 Å². The molecule has 1 aliphatic rings. The number of likely N-dealkylation sites (tertiary alicyclic amines) is 1. The van der Waals surface area contributed by atoms with E-state index < -0.39 is 0 Å². The highest BCUT2D eigenvalue weighted by Gasteiger charge is 2.23. The van der Waals surface area contributed by atoms with Crippen molar-refractivity contribution in [2.24, 2.45) is 0 Å². The van der Waals surface area contributed by atoms with Gasteiger partial charge in [0.2, 0.25) is 5.91 Å². The van der Waals surface area contributed by atoms with Crippen LogP contribution >= 0.6 is 0 Å². The monoisotopic (exact) mass is 287 g/mol. The van der Waals surface area contributed by atoms with Gasteiger partial charge in [0.05, 0.1) is 6.61 Å². The molecule has 0 saturated carbocycles. The molecule has 3 heteroatoms. The van der Waals surface area contributed by atoms with Crippen LogP contribution in [0, 0.1) is 0 Å². The van der Waals surface area contributed by atoms with Gasteiger partial charge in [-0.05, 0) is 56.4 Å². The van der Waals surface area contributed by atoms with Gasteiger partial charge in [-0.15, -0.1) is 0 Å². The minimum atomic E-state index is 0.135. The van der Waals surface area contributed by atoms with Gasteiger partial charge in [-0.2, -0.15) is 0 Å². The molecule has 2 rings (SSSR count). The van der Waals surface area contributed by atoms with Crippen LogP contribution in [0.2, 0.25) is 0 Å². The Balaban J connectivity index is 1.97. The quantitative estimate of drug-likeness (QED) is 0.769. The van der Waals surface area contributed by atoms with E-state index in [0.29, 0.717) is 12.6 Å². The molecule has 1 fully saturated rings. The van der Waals surface area contributed by atoms with Gasteiger partial charge in [0.25, 0.3) is 0 Å². The van der Waals surface area contributed by atoms with Crippen molar-refractivity contribution in [3.05, 3.63) is 35.9 Å². The summed E-state index contributed by atoms with van der Waals surface area (Å²) in [6.07, 6.45) is 8.13. The summed E-state index contributed by atoms with van der Waals surface area (Å²) in [6, 6.07) is 8.23. The minimum Gasteiger partial charge on any atom is -0.494 e. The highest BCUT2D eigenvalue weighted by molar-refractivity contribution is 5.92. The number of hydrogen-bond acceptors (Lipinski definition) is 2. The molecule has 114 valence electrons. The molecular weight excluding hydrogens is 262 g/mol. The predicted molar refractivity (Wildman–Crippen MR) is 86.3 cm³/mol. The van der Waals surface area contributed by atoms with Crippen LogP contribution in [0.3, 0.4) is 0 Å². The normalized spacial score (nSPS) is 19.0. The number of ether oxygens (including phenoxy) is 1. The summed E-state index contributed by atoms with van der Waals surface area (Å²) < 4.78 is 5.41. The van der Waals surface area contributed by atoms with Crippen LogP contribution in [0.4, 0.5) is 0 Å². The van der Waals surface area contributed by atoms with Gasteiger partial charge in [0.15, 0.2) is 0 Å². The molecule has 1 aromatic carbocycles. The number of carbonyl (C=O) groups excluding carboxylic acids is 1. The second-order valence-electron chi connectivity index (χ2n) is 5.42. The maximum atomic E-state index is 12.3. The summed E-state index contributed by atoms with van der Waals surface area (Å²) in [6.45, 7) is 5.69. The van der Waals surface area contributed by atoms with Crippen molar-refractivity contribution < 1.29 is 9.53 Å². The molecule has 1 aliphatic heterocycles. The van der Waals surface area contributed by atoms with Crippen LogP contribution < -0.4 is 4.74 Å². The first-order chi connectivity index (χ1) is 10.2. The van der Waals surface area contributed by atoms with E-state index in [1.807, 2.05) is 42.2 Å². The maximum Gasteiger partial charge on any atom is 0.246 e. The molecule has 0 spiro atoms. The lowest BCUT2D eigenvalue weighted by Gasteiger charge is -2.34. The number of piperidine rings is 1. The fraction of sp³-hybridized carbons (Fsp3) is 0.500. The summed E-state index contributed by atoms with van der Waals surface area (Å²) in [5, 5.41) is 0. The standard InChI is InChI=1S/C18H25NO2/c1-3-16-7-5-6-14-19(16)18(20)13-10-15-8-11-17(12-9-15)21-4-2/h8-13,16H,3-7,14H2,1-2H3/b13-10+. The second kappa shape index (κ2) is 7.87. The summed E-state index contributed by atoms with van der Waals surface area (Å²) in [5.41, 5.74) is 1.02. The van der Waals surface area contributed by atoms with Crippen LogP contribution in [0.5, 0.6) is 5.75 Å². The summed E-state index contributed by atoms with van der Waals surface area (Å²) in [4.78, 5) is 14.3. The van der Waals surface area contributed by atoms with Crippen molar-refractivity contribution in [3.8, 4) is 5.75 Å². The number of rotatable bonds is 5. The van der Waals surface area contributed by atoms with E-state index in [4.69, 9.17) is 4.74 Å². The van der Waals surface area contributed by atoms with Gasteiger partial charge in [0.1, 0.15) is 5.75 Å². The lowest BCUT2D eigenvalue weighted by atomic mass is 10.00. The van der Waals surface area contributed by atoms with Crippen LogP contribution in [-0.4, -0.2) is 30.0 Å². The average Bonchev–Trinajstić information content (AvgIpc) is 2.54. The van der Waals surface area contributed by atoms with Crippen LogP contribution in [0.25, 0.3) is 6.08 Å². The Bertz CT molecular complexity index is 478. The Hall–Kier alpha value is -1.77. The van der Waals surface area contributed by atoms with Crippen LogP contribution in [0.1, 0.15) is 45.1 Å². The lowest BCUT2D eigenvalue weighted by molar-refractivity contribution is -0.129. The Morgan fingerprint density at radius 1 is 1.29 bits per heavy atom. The molecule has 0 bridgehead atoms. The van der Waals surface area contributed by atoms with Gasteiger partial charge in [0, 0.05) is 18.7 Å². The van der Waals surface area contributed by atoms with Gasteiger partial charge in [-0.25, -0.2) is 0 Å². The molecule has 3 nitrogen and oxygen atoms in total. The average molecular weight is 287 g/mol. The smallest absolute Gasteiger partial charge is 0.246 e. The number of carbonyl (C=O) groups is 1. The van der Waals surface area contributed by atoms with Crippen molar-refractivity contribution in [3.63, 3.8) is 0 Å². The van der Waals surface area contributed by atoms with Crippen molar-refractivity contribution in [2.75, 3.05) is 13.2 Å². The topological polar surface area (TPSA) is 29.5 Å². The Morgan fingerprint density at radius 3 is 2.71 bits per heavy atom. The molecule has 1 atom stereocenters. The van der Waals surface area contributed by atoms with E-state index >= 15 is 0 Å². The molecule has 0 N–H and O–H groups in total. The van der Waals surface area contributed by atoms with Crippen molar-refractivity contribution in [2.45, 2.75) is 45.6 Å². The van der Waals surface area contributed by atoms with Gasteiger partial charge in [-0.3, -0.25) is 4.79 Å². The fourth-order valence-electron chi connectivity index (χ4n) is 2.82. The number of benzene rings is 1. The zero-order valence-corrected chi connectivity index (χ0v) is 13.0. The van der Waals surface area contributed by atoms with E-state index in [2.05, 4.69) is 6.92 Å². The zero-order valence-electron chi connectivity index (χ0n) is 13.0. The van der Waals surface area contributed by atoms with E-state index in [1.54, 1.807) is 6.08 Å². The largest absolute Gasteiger partial charge is 0.494 e. The highest BCUT2D eigenvalue weighted by Crippen LogP contribution is 2.20. The van der Waals surface area contributed by atoms with Gasteiger partial charge >= 0.3 is 0 Å². The van der Waals surface area contributed by atoms with E-state index in [9.17, 15) is 4.79 Å². The SMILES string of the molecule is CCOc1ccc(/C=C/C(=O)N2CCCCC2CC)cc1. The molecule has 0 aliphatic carbocycles. The third kappa shape index (κ3) is 4.35. The fourth-order valence-corrected chi connectivity index (χ4v) is 2.82. The Labute approximate surface area is 127 Å². The van der Waals surface area contributed by atoms with Gasteiger partial charge < -0.3 is 9.64 Å². The second-order valence-corrected chi connectivity index (χ2v) is 5.42. The molecular formula is C18H25NO2. The minimum absolute atomic E-state index is 0.135. The first-order valence-corrected chi connectivity index (χ1v) is 7.96. The lowest BCUT2D eigenvalue weighted by Crippen LogP contribution is -2.42. The van der Waals surface area contributed by atoms with Crippen LogP contribution in [0.15, 0.2) is 30.3 Å². The molecule has 1 unspecified atom stereocenters. The Kier molecular flexibility index (Phi) is 5.85. The zero-order chi connectivity index (χ0) is 15.1. The van der Waals surface area contributed by atoms with Gasteiger partial charge in [-0.1, -0.05) is 19.1 Å². The molecule has 1 amide bonds.